The van der Waals surface area contributed by atoms with E-state index in [2.05, 4.69) is 26.1 Å². The van der Waals surface area contributed by atoms with Gasteiger partial charge in [0.25, 0.3) is 0 Å². The first-order valence-corrected chi connectivity index (χ1v) is 13.4. The summed E-state index contributed by atoms with van der Waals surface area (Å²) >= 11 is 0. The lowest BCUT2D eigenvalue weighted by atomic mass is 9.69. The van der Waals surface area contributed by atoms with E-state index in [4.69, 9.17) is 4.42 Å². The topological polar surface area (TPSA) is 102 Å². The minimum absolute atomic E-state index is 0.0703. The number of aromatic nitrogens is 1. The number of rotatable bonds is 6. The van der Waals surface area contributed by atoms with Crippen LogP contribution in [0.5, 0.6) is 0 Å². The number of nitrogens with one attached hydrogen (secondary N) is 1. The maximum absolute atomic E-state index is 12.8. The molecule has 0 radical (unpaired) electrons. The summed E-state index contributed by atoms with van der Waals surface area (Å²) in [7, 11) is -3.59. The van der Waals surface area contributed by atoms with Crippen molar-refractivity contribution >= 4 is 27.0 Å². The number of carbonyl (C=O) groups excluding carboxylic acids is 1. The van der Waals surface area contributed by atoms with Gasteiger partial charge in [-0.3, -0.25) is 9.36 Å². The first-order chi connectivity index (χ1) is 15.5. The molecule has 8 nitrogen and oxygen atoms in total. The first kappa shape index (κ1) is 22.7. The van der Waals surface area contributed by atoms with E-state index < -0.39 is 15.8 Å². The maximum atomic E-state index is 12.8. The van der Waals surface area contributed by atoms with Gasteiger partial charge in [0.05, 0.1) is 10.4 Å². The Morgan fingerprint density at radius 3 is 2.58 bits per heavy atom. The summed E-state index contributed by atoms with van der Waals surface area (Å²) < 4.78 is 33.9. The summed E-state index contributed by atoms with van der Waals surface area (Å²) in [6, 6.07) is 4.69. The number of hydrogen-bond donors (Lipinski definition) is 1. The van der Waals surface area contributed by atoms with E-state index >= 15 is 0 Å². The van der Waals surface area contributed by atoms with Crippen LogP contribution in [0.3, 0.4) is 0 Å². The number of sulfonamides is 1. The van der Waals surface area contributed by atoms with Gasteiger partial charge in [0.2, 0.25) is 15.9 Å². The summed E-state index contributed by atoms with van der Waals surface area (Å²) in [5.74, 6) is -0.0140. The van der Waals surface area contributed by atoms with Crippen molar-refractivity contribution in [2.45, 2.75) is 76.8 Å². The number of oxazole rings is 1. The number of nitrogens with zero attached hydrogens (tertiary/aromatic N) is 2. The zero-order valence-electron chi connectivity index (χ0n) is 19.6. The lowest BCUT2D eigenvalue weighted by Gasteiger charge is -2.39. The standard InChI is InChI=1S/C24H33N3O5S/c1-23(2)16-8-10-24(23,3)20(14-16)25-21(28)9-13-27-18-7-6-17(15-19(18)32-22(27)29)33(30,31)26-11-4-5-12-26/h6-7,15-16,20H,4-5,8-14H2,1-3H3,(H,25,28). The molecule has 2 saturated carbocycles. The molecule has 1 aromatic carbocycles. The Hall–Kier alpha value is -2.13. The van der Waals surface area contributed by atoms with Gasteiger partial charge in [-0.05, 0) is 61.0 Å². The summed E-state index contributed by atoms with van der Waals surface area (Å²) in [6.07, 6.45) is 5.24. The Bertz CT molecular complexity index is 1250. The van der Waals surface area contributed by atoms with E-state index in [0.29, 0.717) is 24.5 Å². The second kappa shape index (κ2) is 7.70. The van der Waals surface area contributed by atoms with Crippen molar-refractivity contribution in [3.05, 3.63) is 28.7 Å². The molecule has 1 saturated heterocycles. The van der Waals surface area contributed by atoms with Crippen LogP contribution < -0.4 is 11.1 Å². The highest BCUT2D eigenvalue weighted by molar-refractivity contribution is 7.89. The molecular weight excluding hydrogens is 442 g/mol. The fourth-order valence-electron chi connectivity index (χ4n) is 6.40. The average molecular weight is 476 g/mol. The minimum atomic E-state index is -3.59. The van der Waals surface area contributed by atoms with Gasteiger partial charge in [-0.1, -0.05) is 20.8 Å². The number of carbonyl (C=O) groups is 1. The van der Waals surface area contributed by atoms with Gasteiger partial charge >= 0.3 is 5.76 Å². The van der Waals surface area contributed by atoms with Gasteiger partial charge in [-0.2, -0.15) is 4.31 Å². The van der Waals surface area contributed by atoms with E-state index in [1.807, 2.05) is 0 Å². The van der Waals surface area contributed by atoms with E-state index in [-0.39, 0.29) is 46.2 Å². The van der Waals surface area contributed by atoms with Crippen LogP contribution in [0.2, 0.25) is 0 Å². The normalized spacial score (nSPS) is 29.2. The second-order valence-corrected chi connectivity index (χ2v) is 12.7. The quantitative estimate of drug-likeness (QED) is 0.692. The summed E-state index contributed by atoms with van der Waals surface area (Å²) in [5, 5.41) is 3.23. The molecule has 1 aromatic heterocycles. The molecule has 5 rings (SSSR count). The van der Waals surface area contributed by atoms with Crippen LogP contribution >= 0.6 is 0 Å². The maximum Gasteiger partial charge on any atom is 0.419 e. The number of benzene rings is 1. The molecule has 2 bridgehead atoms. The second-order valence-electron chi connectivity index (χ2n) is 10.7. The van der Waals surface area contributed by atoms with Crippen LogP contribution in [0.4, 0.5) is 0 Å². The van der Waals surface area contributed by atoms with Gasteiger partial charge in [0.1, 0.15) is 0 Å². The smallest absolute Gasteiger partial charge is 0.408 e. The van der Waals surface area contributed by atoms with Crippen molar-refractivity contribution < 1.29 is 17.6 Å². The molecule has 3 atom stereocenters. The molecule has 2 heterocycles. The molecule has 1 N–H and O–H groups in total. The van der Waals surface area contributed by atoms with E-state index in [1.54, 1.807) is 6.07 Å². The average Bonchev–Trinajstić information content (AvgIpc) is 3.49. The van der Waals surface area contributed by atoms with Crippen LogP contribution in [0.25, 0.3) is 11.1 Å². The molecule has 2 aliphatic carbocycles. The van der Waals surface area contributed by atoms with Crippen molar-refractivity contribution in [2.24, 2.45) is 16.7 Å². The highest BCUT2D eigenvalue weighted by atomic mass is 32.2. The summed E-state index contributed by atoms with van der Waals surface area (Å²) in [6.45, 7) is 8.12. The van der Waals surface area contributed by atoms with Crippen LogP contribution in [-0.2, 0) is 21.4 Å². The van der Waals surface area contributed by atoms with Crippen molar-refractivity contribution in [1.82, 2.24) is 14.2 Å². The molecule has 180 valence electrons. The third kappa shape index (κ3) is 3.46. The molecule has 2 aromatic rings. The molecule has 3 fully saturated rings. The van der Waals surface area contributed by atoms with Crippen LogP contribution in [0.1, 0.15) is 59.3 Å². The van der Waals surface area contributed by atoms with Gasteiger partial charge in [-0.15, -0.1) is 0 Å². The molecule has 33 heavy (non-hydrogen) atoms. The number of amides is 1. The van der Waals surface area contributed by atoms with Gasteiger partial charge in [-0.25, -0.2) is 13.2 Å². The number of aryl methyl sites for hydroxylation is 1. The molecule has 1 amide bonds. The van der Waals surface area contributed by atoms with Crippen LogP contribution in [0.15, 0.2) is 32.3 Å². The molecular formula is C24H33N3O5S. The molecule has 1 aliphatic heterocycles. The van der Waals surface area contributed by atoms with Crippen molar-refractivity contribution in [1.29, 1.82) is 0 Å². The fourth-order valence-corrected chi connectivity index (χ4v) is 7.93. The molecule has 3 unspecified atom stereocenters. The minimum Gasteiger partial charge on any atom is -0.408 e. The molecule has 9 heteroatoms. The number of hydrogen-bond acceptors (Lipinski definition) is 5. The zero-order valence-corrected chi connectivity index (χ0v) is 20.4. The van der Waals surface area contributed by atoms with Gasteiger partial charge < -0.3 is 9.73 Å². The third-order valence-electron chi connectivity index (χ3n) is 9.03. The van der Waals surface area contributed by atoms with Crippen molar-refractivity contribution in [2.75, 3.05) is 13.1 Å². The van der Waals surface area contributed by atoms with E-state index in [0.717, 1.165) is 25.7 Å². The SMILES string of the molecule is CC1(C)C2CCC1(C)C(NC(=O)CCn1c(=O)oc3cc(S(=O)(=O)N4CCCC4)ccc31)C2. The molecule has 0 spiro atoms. The number of fused-ring (bicyclic) bond motifs is 3. The van der Waals surface area contributed by atoms with Crippen molar-refractivity contribution in [3.63, 3.8) is 0 Å². The Balaban J connectivity index is 1.29. The molecule has 3 aliphatic rings. The Morgan fingerprint density at radius 2 is 1.94 bits per heavy atom. The highest BCUT2D eigenvalue weighted by Crippen LogP contribution is 2.65. The van der Waals surface area contributed by atoms with Crippen LogP contribution in [-0.4, -0.2) is 42.3 Å². The summed E-state index contributed by atoms with van der Waals surface area (Å²) in [4.78, 5) is 25.3. The highest BCUT2D eigenvalue weighted by Gasteiger charge is 2.61. The van der Waals surface area contributed by atoms with Crippen LogP contribution in [0, 0.1) is 16.7 Å². The Morgan fingerprint density at radius 1 is 1.21 bits per heavy atom. The monoisotopic (exact) mass is 475 g/mol. The van der Waals surface area contributed by atoms with E-state index in [9.17, 15) is 18.0 Å². The fraction of sp³-hybridized carbons (Fsp3) is 0.667. The van der Waals surface area contributed by atoms with E-state index in [1.165, 1.54) is 27.4 Å². The van der Waals surface area contributed by atoms with Gasteiger partial charge in [0.15, 0.2) is 5.58 Å². The van der Waals surface area contributed by atoms with Gasteiger partial charge in [0, 0.05) is 38.2 Å². The third-order valence-corrected chi connectivity index (χ3v) is 10.9. The summed E-state index contributed by atoms with van der Waals surface area (Å²) in [5.41, 5.74) is 1.05. The lowest BCUT2D eigenvalue weighted by molar-refractivity contribution is -0.123. The Kier molecular flexibility index (Phi) is 5.28. The Labute approximate surface area is 194 Å². The largest absolute Gasteiger partial charge is 0.419 e. The predicted octanol–water partition coefficient (Wildman–Crippen LogP) is 3.10. The lowest BCUT2D eigenvalue weighted by Crippen LogP contribution is -2.47. The zero-order chi connectivity index (χ0) is 23.6. The predicted molar refractivity (Wildman–Crippen MR) is 124 cm³/mol. The first-order valence-electron chi connectivity index (χ1n) is 12.0. The van der Waals surface area contributed by atoms with Crippen molar-refractivity contribution in [3.8, 4) is 0 Å².